The van der Waals surface area contributed by atoms with Crippen molar-refractivity contribution in [3.05, 3.63) is 30.3 Å². The molecule has 0 aliphatic heterocycles. The molecular formula is C6H9CeNO4P-. The van der Waals surface area contributed by atoms with Gasteiger partial charge < -0.3 is 20.4 Å². The first kappa shape index (κ1) is 16.0. The average molecular weight is 330 g/mol. The summed E-state index contributed by atoms with van der Waals surface area (Å²) in [5, 5.41) is 0. The largest absolute Gasteiger partial charge is 0.466 e. The Bertz CT molecular complexity index is 254. The van der Waals surface area contributed by atoms with Crippen molar-refractivity contribution in [1.82, 2.24) is 0 Å². The molecule has 7 heteroatoms. The molecule has 0 saturated carbocycles. The minimum absolute atomic E-state index is 0. The van der Waals surface area contributed by atoms with Gasteiger partial charge in [0, 0.05) is 41.7 Å². The molecule has 0 spiro atoms. The van der Waals surface area contributed by atoms with Crippen molar-refractivity contribution in [3.8, 4) is 0 Å². The van der Waals surface area contributed by atoms with Crippen molar-refractivity contribution in [2.24, 2.45) is 0 Å². The fraction of sp³-hybridized carbons (Fsp3) is 0. The van der Waals surface area contributed by atoms with Crippen LogP contribution in [0, 0.1) is 47.8 Å². The van der Waals surface area contributed by atoms with E-state index in [9.17, 15) is 0 Å². The maximum Gasteiger partial charge on any atom is 0.466 e. The summed E-state index contributed by atoms with van der Waals surface area (Å²) in [5.41, 5.74) is 6.13. The molecule has 0 heterocycles. The zero-order valence-corrected chi connectivity index (χ0v) is 10.6. The molecule has 13 heavy (non-hydrogen) atoms. The van der Waals surface area contributed by atoms with Crippen LogP contribution in [0.3, 0.4) is 0 Å². The van der Waals surface area contributed by atoms with Gasteiger partial charge in [0.15, 0.2) is 0 Å². The Morgan fingerprint density at radius 2 is 1.54 bits per heavy atom. The fourth-order valence-corrected chi connectivity index (χ4v) is 0.400. The minimum atomic E-state index is -4.64. The summed E-state index contributed by atoms with van der Waals surface area (Å²) in [5.74, 6) is 0. The molecule has 0 aliphatic rings. The number of rotatable bonds is 0. The van der Waals surface area contributed by atoms with Gasteiger partial charge in [-0.15, -0.1) is 12.1 Å². The molecule has 0 fully saturated rings. The van der Waals surface area contributed by atoms with Crippen molar-refractivity contribution in [1.29, 1.82) is 0 Å². The predicted octanol–water partition coefficient (Wildman–Crippen LogP) is 0.140. The van der Waals surface area contributed by atoms with Crippen LogP contribution in [-0.2, 0) is 4.57 Å². The van der Waals surface area contributed by atoms with E-state index >= 15 is 0 Å². The van der Waals surface area contributed by atoms with E-state index in [1.165, 1.54) is 0 Å². The van der Waals surface area contributed by atoms with Crippen LogP contribution in [0.25, 0.3) is 0 Å². The summed E-state index contributed by atoms with van der Waals surface area (Å²) in [6, 6.07) is 10.0. The average Bonchev–Trinajstić information content (AvgIpc) is 1.85. The van der Waals surface area contributed by atoms with Crippen LogP contribution in [0.5, 0.6) is 0 Å². The van der Waals surface area contributed by atoms with Crippen molar-refractivity contribution in [2.75, 3.05) is 5.73 Å². The molecule has 0 radical (unpaired) electrons. The quantitative estimate of drug-likeness (QED) is 0.308. The molecular weight excluding hydrogens is 321 g/mol. The van der Waals surface area contributed by atoms with Gasteiger partial charge in [-0.25, -0.2) is 4.57 Å². The normalized spacial score (nSPS) is 9.15. The van der Waals surface area contributed by atoms with E-state index < -0.39 is 7.82 Å². The topological polar surface area (TPSA) is 104 Å². The van der Waals surface area contributed by atoms with E-state index in [1.807, 2.05) is 0 Å². The summed E-state index contributed by atoms with van der Waals surface area (Å²) >= 11 is 0. The van der Waals surface area contributed by atoms with Gasteiger partial charge in [0.1, 0.15) is 0 Å². The van der Waals surface area contributed by atoms with E-state index in [4.69, 9.17) is 25.0 Å². The Labute approximate surface area is 110 Å². The van der Waals surface area contributed by atoms with Gasteiger partial charge >= 0.3 is 7.82 Å². The number of benzene rings is 1. The van der Waals surface area contributed by atoms with Crippen molar-refractivity contribution in [2.45, 2.75) is 0 Å². The first-order valence-electron chi connectivity index (χ1n) is 2.89. The van der Waals surface area contributed by atoms with Gasteiger partial charge in [-0.05, 0) is 0 Å². The number of phosphoric acid groups is 1. The third-order valence-electron chi connectivity index (χ3n) is 0.744. The SMILES string of the molecule is Nc1cc[c-]cc1.O=P(O)(O)O.[Ce]. The molecule has 0 aromatic heterocycles. The van der Waals surface area contributed by atoms with E-state index in [1.54, 1.807) is 24.3 Å². The Morgan fingerprint density at radius 3 is 1.69 bits per heavy atom. The van der Waals surface area contributed by atoms with Crippen LogP contribution >= 0.6 is 7.82 Å². The van der Waals surface area contributed by atoms with Gasteiger partial charge in [-0.3, -0.25) is 0 Å². The second kappa shape index (κ2) is 7.87. The predicted molar refractivity (Wildman–Crippen MR) is 44.0 cm³/mol. The zero-order valence-electron chi connectivity index (χ0n) is 6.58. The van der Waals surface area contributed by atoms with E-state index in [0.29, 0.717) is 0 Å². The molecule has 0 saturated heterocycles. The van der Waals surface area contributed by atoms with Gasteiger partial charge in [0.25, 0.3) is 0 Å². The number of anilines is 1. The van der Waals surface area contributed by atoms with E-state index in [-0.39, 0.29) is 41.7 Å². The molecule has 0 unspecified atom stereocenters. The molecule has 1 aromatic carbocycles. The van der Waals surface area contributed by atoms with E-state index in [2.05, 4.69) is 6.07 Å². The summed E-state index contributed by atoms with van der Waals surface area (Å²) < 4.78 is 8.88. The molecule has 0 atom stereocenters. The van der Waals surface area contributed by atoms with Gasteiger partial charge in [0.2, 0.25) is 0 Å². The molecule has 0 bridgehead atoms. The molecule has 1 rings (SSSR count). The van der Waals surface area contributed by atoms with Crippen LogP contribution in [0.4, 0.5) is 5.69 Å². The number of nitrogens with two attached hydrogens (primary N) is 1. The Hall–Kier alpha value is 0.507. The first-order valence-corrected chi connectivity index (χ1v) is 4.46. The fourth-order valence-electron chi connectivity index (χ4n) is 0.400. The first-order chi connectivity index (χ1) is 5.39. The molecule has 5 N–H and O–H groups in total. The molecule has 0 amide bonds. The van der Waals surface area contributed by atoms with Crippen LogP contribution in [0.2, 0.25) is 0 Å². The van der Waals surface area contributed by atoms with Gasteiger partial charge in [0.05, 0.1) is 0 Å². The zero-order chi connectivity index (χ0) is 9.61. The van der Waals surface area contributed by atoms with Gasteiger partial charge in [-0.1, -0.05) is 5.69 Å². The third kappa shape index (κ3) is 19.1. The number of nitrogen functional groups attached to an aromatic ring is 1. The number of hydrogen-bond donors (Lipinski definition) is 4. The van der Waals surface area contributed by atoms with E-state index in [0.717, 1.165) is 5.69 Å². The van der Waals surface area contributed by atoms with Crippen LogP contribution < -0.4 is 5.73 Å². The van der Waals surface area contributed by atoms with Crippen LogP contribution in [-0.4, -0.2) is 14.7 Å². The standard InChI is InChI=1S/C6H6N.Ce.H3O4P/c7-6-4-2-1-3-5-6;;1-5(2,3)4/h2-5H,7H2;;(H3,1,2,3,4)/q-1;;. The molecule has 72 valence electrons. The van der Waals surface area contributed by atoms with Crippen molar-refractivity contribution < 1.29 is 61.0 Å². The maximum absolute atomic E-state index is 8.88. The second-order valence-corrected chi connectivity index (χ2v) is 2.87. The Kier molecular flexibility index (Phi) is 9.66. The van der Waals surface area contributed by atoms with Crippen molar-refractivity contribution >= 4 is 13.5 Å². The van der Waals surface area contributed by atoms with Crippen LogP contribution in [0.15, 0.2) is 24.3 Å². The molecule has 5 nitrogen and oxygen atoms in total. The monoisotopic (exact) mass is 330 g/mol. The van der Waals surface area contributed by atoms with Crippen molar-refractivity contribution in [3.63, 3.8) is 0 Å². The van der Waals surface area contributed by atoms with Crippen LogP contribution in [0.1, 0.15) is 0 Å². The van der Waals surface area contributed by atoms with Gasteiger partial charge in [-0.2, -0.15) is 18.2 Å². The Morgan fingerprint density at radius 1 is 1.23 bits per heavy atom. The smallest absolute Gasteiger partial charge is 0.419 e. The summed E-state index contributed by atoms with van der Waals surface area (Å²) in [4.78, 5) is 21.6. The second-order valence-electron chi connectivity index (χ2n) is 1.85. The molecule has 1 aromatic rings. The maximum atomic E-state index is 8.88. The summed E-state index contributed by atoms with van der Waals surface area (Å²) in [6.45, 7) is 0. The molecule has 0 aliphatic carbocycles. The third-order valence-corrected chi connectivity index (χ3v) is 0.744. The summed E-state index contributed by atoms with van der Waals surface area (Å²) in [6.07, 6.45) is 0. The minimum Gasteiger partial charge on any atom is -0.419 e. The number of hydrogen-bond acceptors (Lipinski definition) is 2. The summed E-state index contributed by atoms with van der Waals surface area (Å²) in [7, 11) is -4.64. The Balaban J connectivity index is 0.